The average Bonchev–Trinajstić information content (AvgIpc) is 2.34. The lowest BCUT2D eigenvalue weighted by Gasteiger charge is -2.35. The van der Waals surface area contributed by atoms with E-state index in [4.69, 9.17) is 0 Å². The number of piperazine rings is 1. The van der Waals surface area contributed by atoms with E-state index >= 15 is 0 Å². The molecule has 0 bridgehead atoms. The Hall–Kier alpha value is -1.00. The molecule has 18 heavy (non-hydrogen) atoms. The first kappa shape index (κ1) is 13.4. The summed E-state index contributed by atoms with van der Waals surface area (Å²) in [6.45, 7) is 7.48. The molecule has 0 radical (unpaired) electrons. The lowest BCUT2D eigenvalue weighted by Crippen LogP contribution is -2.52. The fourth-order valence-corrected chi connectivity index (χ4v) is 2.34. The lowest BCUT2D eigenvalue weighted by atomic mass is 10.0. The lowest BCUT2D eigenvalue weighted by molar-refractivity contribution is 0.167. The van der Waals surface area contributed by atoms with E-state index in [0.717, 1.165) is 25.7 Å². The van der Waals surface area contributed by atoms with Gasteiger partial charge in [-0.05, 0) is 24.1 Å². The summed E-state index contributed by atoms with van der Waals surface area (Å²) in [6.07, 6.45) is 0. The van der Waals surface area contributed by atoms with Gasteiger partial charge >= 0.3 is 0 Å². The van der Waals surface area contributed by atoms with Crippen LogP contribution in [0.5, 0.6) is 0 Å². The normalized spacial score (nSPS) is 21.5. The number of halogens is 2. The van der Waals surface area contributed by atoms with Crippen LogP contribution in [0.4, 0.5) is 8.78 Å². The van der Waals surface area contributed by atoms with Gasteiger partial charge in [0.15, 0.2) is 0 Å². The first-order valence-electron chi connectivity index (χ1n) is 6.46. The van der Waals surface area contributed by atoms with E-state index in [-0.39, 0.29) is 11.6 Å². The average molecular weight is 254 g/mol. The van der Waals surface area contributed by atoms with Gasteiger partial charge in [-0.1, -0.05) is 13.8 Å². The molecule has 1 fully saturated rings. The molecule has 1 aromatic carbocycles. The van der Waals surface area contributed by atoms with Crippen molar-refractivity contribution in [3.05, 3.63) is 35.4 Å². The zero-order valence-electron chi connectivity index (χ0n) is 10.9. The third-order valence-electron chi connectivity index (χ3n) is 3.50. The summed E-state index contributed by atoms with van der Waals surface area (Å²) in [5.41, 5.74) is 0.444. The van der Waals surface area contributed by atoms with Crippen LogP contribution >= 0.6 is 0 Å². The van der Waals surface area contributed by atoms with Gasteiger partial charge in [-0.25, -0.2) is 8.78 Å². The molecule has 1 atom stereocenters. The SMILES string of the molecule is CC(C)C1CN(Cc2cc(F)ccc2F)CCN1. The van der Waals surface area contributed by atoms with Gasteiger partial charge in [0.2, 0.25) is 0 Å². The Morgan fingerprint density at radius 1 is 1.39 bits per heavy atom. The molecule has 0 aromatic heterocycles. The van der Waals surface area contributed by atoms with Crippen LogP contribution in [0.25, 0.3) is 0 Å². The largest absolute Gasteiger partial charge is 0.311 e. The highest BCUT2D eigenvalue weighted by molar-refractivity contribution is 5.18. The fourth-order valence-electron chi connectivity index (χ4n) is 2.34. The molecule has 1 aromatic rings. The molecular formula is C14H20F2N2. The van der Waals surface area contributed by atoms with E-state index in [2.05, 4.69) is 24.1 Å². The molecular weight excluding hydrogens is 234 g/mol. The Morgan fingerprint density at radius 3 is 2.89 bits per heavy atom. The van der Waals surface area contributed by atoms with E-state index in [9.17, 15) is 8.78 Å². The number of nitrogens with one attached hydrogen (secondary N) is 1. The highest BCUT2D eigenvalue weighted by Crippen LogP contribution is 2.15. The number of rotatable bonds is 3. The van der Waals surface area contributed by atoms with Gasteiger partial charge in [-0.3, -0.25) is 4.90 Å². The molecule has 1 unspecified atom stereocenters. The van der Waals surface area contributed by atoms with Crippen molar-refractivity contribution in [3.8, 4) is 0 Å². The van der Waals surface area contributed by atoms with E-state index in [0.29, 0.717) is 24.1 Å². The summed E-state index contributed by atoms with van der Waals surface area (Å²) in [6, 6.07) is 4.08. The van der Waals surface area contributed by atoms with E-state index in [1.165, 1.54) is 12.1 Å². The minimum atomic E-state index is -0.373. The van der Waals surface area contributed by atoms with E-state index in [1.54, 1.807) is 0 Å². The Bertz CT molecular complexity index is 407. The van der Waals surface area contributed by atoms with Crippen molar-refractivity contribution in [2.24, 2.45) is 5.92 Å². The highest BCUT2D eigenvalue weighted by atomic mass is 19.1. The Labute approximate surface area is 107 Å². The standard InChI is InChI=1S/C14H20F2N2/c1-10(2)14-9-18(6-5-17-14)8-11-7-12(15)3-4-13(11)16/h3-4,7,10,14,17H,5-6,8-9H2,1-2H3. The smallest absolute Gasteiger partial charge is 0.127 e. The van der Waals surface area contributed by atoms with E-state index < -0.39 is 0 Å². The maximum absolute atomic E-state index is 13.6. The van der Waals surface area contributed by atoms with Crippen LogP contribution in [-0.2, 0) is 6.54 Å². The first-order chi connectivity index (χ1) is 8.56. The zero-order chi connectivity index (χ0) is 13.1. The first-order valence-corrected chi connectivity index (χ1v) is 6.46. The van der Waals surface area contributed by atoms with Gasteiger partial charge in [0.1, 0.15) is 11.6 Å². The van der Waals surface area contributed by atoms with Crippen molar-refractivity contribution in [1.29, 1.82) is 0 Å². The van der Waals surface area contributed by atoms with E-state index in [1.807, 2.05) is 0 Å². The minimum absolute atomic E-state index is 0.323. The number of benzene rings is 1. The van der Waals surface area contributed by atoms with Crippen molar-refractivity contribution in [3.63, 3.8) is 0 Å². The van der Waals surface area contributed by atoms with Crippen molar-refractivity contribution in [1.82, 2.24) is 10.2 Å². The monoisotopic (exact) mass is 254 g/mol. The van der Waals surface area contributed by atoms with Crippen molar-refractivity contribution < 1.29 is 8.78 Å². The summed E-state index contributed by atoms with van der Waals surface area (Å²) in [5, 5.41) is 3.45. The van der Waals surface area contributed by atoms with Crippen molar-refractivity contribution in [2.75, 3.05) is 19.6 Å². The molecule has 0 spiro atoms. The van der Waals surface area contributed by atoms with Gasteiger partial charge < -0.3 is 5.32 Å². The van der Waals surface area contributed by atoms with Crippen LogP contribution in [0, 0.1) is 17.6 Å². The Morgan fingerprint density at radius 2 is 2.17 bits per heavy atom. The molecule has 2 rings (SSSR count). The van der Waals surface area contributed by atoms with Crippen molar-refractivity contribution >= 4 is 0 Å². The summed E-state index contributed by atoms with van der Waals surface area (Å²) in [7, 11) is 0. The maximum atomic E-state index is 13.6. The highest BCUT2D eigenvalue weighted by Gasteiger charge is 2.22. The molecule has 1 saturated heterocycles. The van der Waals surface area contributed by atoms with Gasteiger partial charge in [0.05, 0.1) is 0 Å². The van der Waals surface area contributed by atoms with Crippen LogP contribution < -0.4 is 5.32 Å². The number of nitrogens with zero attached hydrogens (tertiary/aromatic N) is 1. The summed E-state index contributed by atoms with van der Waals surface area (Å²) >= 11 is 0. The van der Waals surface area contributed by atoms with Gasteiger partial charge in [-0.15, -0.1) is 0 Å². The predicted octanol–water partition coefficient (Wildman–Crippen LogP) is 2.39. The van der Waals surface area contributed by atoms with Gasteiger partial charge in [0, 0.05) is 37.8 Å². The summed E-state index contributed by atoms with van der Waals surface area (Å²) in [4.78, 5) is 2.18. The number of hydrogen-bond donors (Lipinski definition) is 1. The van der Waals surface area contributed by atoms with Crippen LogP contribution in [-0.4, -0.2) is 30.6 Å². The molecule has 0 aliphatic carbocycles. The molecule has 1 aliphatic heterocycles. The molecule has 100 valence electrons. The molecule has 0 amide bonds. The van der Waals surface area contributed by atoms with Crippen LogP contribution in [0.1, 0.15) is 19.4 Å². The summed E-state index contributed by atoms with van der Waals surface area (Å²) in [5.74, 6) is -0.150. The second-order valence-electron chi connectivity index (χ2n) is 5.28. The Kier molecular flexibility index (Phi) is 4.30. The van der Waals surface area contributed by atoms with Crippen LogP contribution in [0.3, 0.4) is 0 Å². The quantitative estimate of drug-likeness (QED) is 0.891. The van der Waals surface area contributed by atoms with Crippen LogP contribution in [0.2, 0.25) is 0 Å². The fraction of sp³-hybridized carbons (Fsp3) is 0.571. The van der Waals surface area contributed by atoms with Crippen molar-refractivity contribution in [2.45, 2.75) is 26.4 Å². The molecule has 4 heteroatoms. The third kappa shape index (κ3) is 3.27. The maximum Gasteiger partial charge on any atom is 0.127 e. The zero-order valence-corrected chi connectivity index (χ0v) is 10.9. The topological polar surface area (TPSA) is 15.3 Å². The molecule has 1 aliphatic rings. The molecule has 2 nitrogen and oxygen atoms in total. The molecule has 1 N–H and O–H groups in total. The second-order valence-corrected chi connectivity index (χ2v) is 5.28. The van der Waals surface area contributed by atoms with Crippen LogP contribution in [0.15, 0.2) is 18.2 Å². The van der Waals surface area contributed by atoms with Gasteiger partial charge in [0.25, 0.3) is 0 Å². The molecule has 0 saturated carbocycles. The molecule has 1 heterocycles. The predicted molar refractivity (Wildman–Crippen MR) is 68.3 cm³/mol. The summed E-state index contributed by atoms with van der Waals surface area (Å²) < 4.78 is 26.7. The Balaban J connectivity index is 2.02. The second kappa shape index (κ2) is 5.76. The third-order valence-corrected chi connectivity index (χ3v) is 3.50. The number of hydrogen-bond acceptors (Lipinski definition) is 2. The minimum Gasteiger partial charge on any atom is -0.311 e. The van der Waals surface area contributed by atoms with Gasteiger partial charge in [-0.2, -0.15) is 0 Å².